The molecule has 18 heavy (non-hydrogen) atoms. The summed E-state index contributed by atoms with van der Waals surface area (Å²) in [7, 11) is 1.99. The number of aliphatic hydroxyl groups excluding tert-OH is 1. The van der Waals surface area contributed by atoms with Crippen molar-refractivity contribution >= 4 is 16.6 Å². The molecule has 96 valence electrons. The number of aromatic nitrogens is 1. The minimum absolute atomic E-state index is 0.0776. The lowest BCUT2D eigenvalue weighted by Crippen LogP contribution is -2.20. The Hall–Kier alpha value is -1.65. The maximum absolute atomic E-state index is 9.02. The van der Waals surface area contributed by atoms with E-state index < -0.39 is 6.29 Å². The fourth-order valence-corrected chi connectivity index (χ4v) is 2.26. The molecule has 1 aromatic heterocycles. The Balaban J connectivity index is 2.57. The zero-order chi connectivity index (χ0) is 13.4. The predicted molar refractivity (Wildman–Crippen MR) is 72.0 cm³/mol. The minimum atomic E-state index is -1.68. The highest BCUT2D eigenvalue weighted by Gasteiger charge is 2.16. The number of hydrogen-bond acceptors (Lipinski definition) is 3. The third kappa shape index (κ3) is 2.05. The van der Waals surface area contributed by atoms with Crippen molar-refractivity contribution in [3.05, 3.63) is 35.0 Å². The third-order valence-corrected chi connectivity index (χ3v) is 3.46. The fraction of sp³-hybridized carbons (Fsp3) is 0.357. The second kappa shape index (κ2) is 4.55. The van der Waals surface area contributed by atoms with Crippen molar-refractivity contribution < 1.29 is 10.2 Å². The number of aliphatic hydroxyl groups is 2. The zero-order valence-corrected chi connectivity index (χ0v) is 10.9. The molecule has 0 spiro atoms. The second-order valence-corrected chi connectivity index (χ2v) is 4.72. The number of hydrogen-bond donors (Lipinski definition) is 3. The smallest absolute Gasteiger partial charge is 0.191 e. The first-order valence-electron chi connectivity index (χ1n) is 5.89. The summed E-state index contributed by atoms with van der Waals surface area (Å²) in [6, 6.07) is 6.17. The molecule has 0 fully saturated rings. The van der Waals surface area contributed by atoms with E-state index in [4.69, 9.17) is 15.6 Å². The van der Waals surface area contributed by atoms with Gasteiger partial charge in [-0.15, -0.1) is 0 Å². The molecule has 3 N–H and O–H groups in total. The van der Waals surface area contributed by atoms with Crippen LogP contribution in [0.1, 0.15) is 16.8 Å². The van der Waals surface area contributed by atoms with Gasteiger partial charge in [-0.05, 0) is 31.0 Å². The van der Waals surface area contributed by atoms with Gasteiger partial charge in [0.2, 0.25) is 0 Å². The predicted octanol–water partition coefficient (Wildman–Crippen LogP) is 1.67. The second-order valence-electron chi connectivity index (χ2n) is 4.72. The van der Waals surface area contributed by atoms with Crippen molar-refractivity contribution in [3.8, 4) is 0 Å². The standard InChI is InChI=1S/C14H18N2O2/c1-8-4-5-10-11(7-12(15)14(17)18)9(2)16(3)13(10)6-8/h4-6,14-15,17-18H,7H2,1-3H3. The molecule has 4 heteroatoms. The lowest BCUT2D eigenvalue weighted by atomic mass is 10.0. The largest absolute Gasteiger partial charge is 0.363 e. The van der Waals surface area contributed by atoms with E-state index in [-0.39, 0.29) is 12.1 Å². The van der Waals surface area contributed by atoms with Gasteiger partial charge in [-0.1, -0.05) is 12.1 Å². The van der Waals surface area contributed by atoms with E-state index in [2.05, 4.69) is 10.6 Å². The molecule has 0 amide bonds. The average Bonchev–Trinajstić information content (AvgIpc) is 2.54. The SMILES string of the molecule is Cc1ccc2c(CC(=N)C(O)O)c(C)n(C)c2c1. The first kappa shape index (κ1) is 12.8. The lowest BCUT2D eigenvalue weighted by Gasteiger charge is -2.06. The zero-order valence-electron chi connectivity index (χ0n) is 10.9. The molecule has 0 saturated carbocycles. The average molecular weight is 246 g/mol. The molecule has 0 radical (unpaired) electrons. The summed E-state index contributed by atoms with van der Waals surface area (Å²) < 4.78 is 2.08. The first-order chi connectivity index (χ1) is 8.41. The molecular weight excluding hydrogens is 228 g/mol. The van der Waals surface area contributed by atoms with Gasteiger partial charge in [-0.2, -0.15) is 0 Å². The molecule has 2 rings (SSSR count). The highest BCUT2D eigenvalue weighted by atomic mass is 16.5. The van der Waals surface area contributed by atoms with Crippen LogP contribution in [0.15, 0.2) is 18.2 Å². The van der Waals surface area contributed by atoms with Crippen molar-refractivity contribution in [1.82, 2.24) is 4.57 Å². The Morgan fingerprint density at radius 3 is 2.61 bits per heavy atom. The Morgan fingerprint density at radius 2 is 2.00 bits per heavy atom. The number of benzene rings is 1. The van der Waals surface area contributed by atoms with Crippen LogP contribution in [0.2, 0.25) is 0 Å². The van der Waals surface area contributed by atoms with Gasteiger partial charge in [0.15, 0.2) is 6.29 Å². The van der Waals surface area contributed by atoms with Gasteiger partial charge in [0, 0.05) is 30.1 Å². The fourth-order valence-electron chi connectivity index (χ4n) is 2.26. The Kier molecular flexibility index (Phi) is 3.24. The number of nitrogens with zero attached hydrogens (tertiary/aromatic N) is 1. The van der Waals surface area contributed by atoms with Crippen LogP contribution in [0.5, 0.6) is 0 Å². The molecule has 0 aliphatic heterocycles. The molecule has 1 aromatic carbocycles. The van der Waals surface area contributed by atoms with Crippen LogP contribution < -0.4 is 0 Å². The summed E-state index contributed by atoms with van der Waals surface area (Å²) in [6.45, 7) is 4.03. The van der Waals surface area contributed by atoms with Gasteiger partial charge in [0.25, 0.3) is 0 Å². The van der Waals surface area contributed by atoms with Crippen LogP contribution in [0, 0.1) is 19.3 Å². The Labute approximate surface area is 106 Å². The highest BCUT2D eigenvalue weighted by molar-refractivity contribution is 5.93. The van der Waals surface area contributed by atoms with Gasteiger partial charge in [-0.25, -0.2) is 0 Å². The highest BCUT2D eigenvalue weighted by Crippen LogP contribution is 2.26. The Morgan fingerprint density at radius 1 is 1.33 bits per heavy atom. The van der Waals surface area contributed by atoms with Crippen LogP contribution in [-0.4, -0.2) is 26.8 Å². The van der Waals surface area contributed by atoms with Gasteiger partial charge >= 0.3 is 0 Å². The van der Waals surface area contributed by atoms with Gasteiger partial charge in [0.05, 0.1) is 5.71 Å². The first-order valence-corrected chi connectivity index (χ1v) is 5.89. The molecule has 0 atom stereocenters. The molecule has 0 aliphatic rings. The Bertz CT molecular complexity index is 612. The molecule has 0 aliphatic carbocycles. The molecule has 0 bridgehead atoms. The number of aryl methyl sites for hydroxylation is 2. The van der Waals surface area contributed by atoms with E-state index in [1.54, 1.807) is 0 Å². The summed E-state index contributed by atoms with van der Waals surface area (Å²) >= 11 is 0. The lowest BCUT2D eigenvalue weighted by molar-refractivity contribution is 0.0177. The van der Waals surface area contributed by atoms with E-state index in [0.717, 1.165) is 22.2 Å². The minimum Gasteiger partial charge on any atom is -0.363 e. The molecular formula is C14H18N2O2. The quantitative estimate of drug-likeness (QED) is 0.569. The maximum Gasteiger partial charge on any atom is 0.191 e. The topological polar surface area (TPSA) is 69.2 Å². The van der Waals surface area contributed by atoms with E-state index in [1.807, 2.05) is 33.0 Å². The monoisotopic (exact) mass is 246 g/mol. The molecule has 0 unspecified atom stereocenters. The summed E-state index contributed by atoms with van der Waals surface area (Å²) in [4.78, 5) is 0. The maximum atomic E-state index is 9.02. The van der Waals surface area contributed by atoms with E-state index in [0.29, 0.717) is 0 Å². The van der Waals surface area contributed by atoms with Crippen molar-refractivity contribution in [2.45, 2.75) is 26.6 Å². The van der Waals surface area contributed by atoms with Crippen LogP contribution in [0.3, 0.4) is 0 Å². The molecule has 1 heterocycles. The third-order valence-electron chi connectivity index (χ3n) is 3.46. The van der Waals surface area contributed by atoms with E-state index >= 15 is 0 Å². The van der Waals surface area contributed by atoms with Crippen LogP contribution >= 0.6 is 0 Å². The van der Waals surface area contributed by atoms with Gasteiger partial charge < -0.3 is 20.2 Å². The normalized spacial score (nSPS) is 11.4. The molecule has 4 nitrogen and oxygen atoms in total. The number of fused-ring (bicyclic) bond motifs is 1. The van der Waals surface area contributed by atoms with E-state index in [9.17, 15) is 0 Å². The van der Waals surface area contributed by atoms with Crippen LogP contribution in [-0.2, 0) is 13.5 Å². The number of nitrogens with one attached hydrogen (secondary N) is 1. The van der Waals surface area contributed by atoms with Crippen molar-refractivity contribution in [3.63, 3.8) is 0 Å². The summed E-state index contributed by atoms with van der Waals surface area (Å²) in [6.07, 6.45) is -1.41. The molecule has 0 saturated heterocycles. The van der Waals surface area contributed by atoms with Crippen LogP contribution in [0.4, 0.5) is 0 Å². The van der Waals surface area contributed by atoms with Gasteiger partial charge in [-0.3, -0.25) is 0 Å². The number of rotatable bonds is 3. The van der Waals surface area contributed by atoms with Crippen LogP contribution in [0.25, 0.3) is 10.9 Å². The van der Waals surface area contributed by atoms with Crippen molar-refractivity contribution in [1.29, 1.82) is 5.41 Å². The van der Waals surface area contributed by atoms with E-state index in [1.165, 1.54) is 5.56 Å². The van der Waals surface area contributed by atoms with Gasteiger partial charge in [0.1, 0.15) is 0 Å². The summed E-state index contributed by atoms with van der Waals surface area (Å²) in [5.74, 6) is 0. The molecule has 2 aromatic rings. The van der Waals surface area contributed by atoms with Crippen molar-refractivity contribution in [2.24, 2.45) is 7.05 Å². The summed E-state index contributed by atoms with van der Waals surface area (Å²) in [5.41, 5.74) is 4.27. The van der Waals surface area contributed by atoms with Crippen molar-refractivity contribution in [2.75, 3.05) is 0 Å². The summed E-state index contributed by atoms with van der Waals surface area (Å²) in [5, 5.41) is 26.7.